The summed E-state index contributed by atoms with van der Waals surface area (Å²) in [5.74, 6) is -0.00875. The van der Waals surface area contributed by atoms with Crippen LogP contribution in [0, 0.1) is 6.92 Å². The van der Waals surface area contributed by atoms with Crippen molar-refractivity contribution in [2.24, 2.45) is 0 Å². The lowest BCUT2D eigenvalue weighted by atomic mass is 10.0. The zero-order chi connectivity index (χ0) is 13.3. The Balaban J connectivity index is 2.53. The van der Waals surface area contributed by atoms with Gasteiger partial charge in [-0.15, -0.1) is 0 Å². The van der Waals surface area contributed by atoms with Gasteiger partial charge in [-0.1, -0.05) is 23.8 Å². The maximum atomic E-state index is 9.88. The van der Waals surface area contributed by atoms with Crippen molar-refractivity contribution in [3.63, 3.8) is 0 Å². The molecule has 0 spiro atoms. The van der Waals surface area contributed by atoms with Crippen molar-refractivity contribution in [1.29, 1.82) is 0 Å². The summed E-state index contributed by atoms with van der Waals surface area (Å²) in [6, 6.07) is 6.19. The summed E-state index contributed by atoms with van der Waals surface area (Å²) in [5, 5.41) is 20.1. The lowest BCUT2D eigenvalue weighted by Gasteiger charge is -2.09. The number of phenolic OH excluding ortho intramolecular Hbond substituents is 1. The van der Waals surface area contributed by atoms with Crippen molar-refractivity contribution in [3.8, 4) is 11.5 Å². The van der Waals surface area contributed by atoms with Crippen LogP contribution in [0.2, 0.25) is 5.02 Å². The number of halogens is 1. The van der Waals surface area contributed by atoms with E-state index >= 15 is 0 Å². The molecule has 2 N–H and O–H groups in total. The van der Waals surface area contributed by atoms with Crippen molar-refractivity contribution in [2.75, 3.05) is 0 Å². The maximum absolute atomic E-state index is 9.88. The van der Waals surface area contributed by atoms with Crippen molar-refractivity contribution < 1.29 is 10.2 Å². The third kappa shape index (κ3) is 2.30. The topological polar surface area (TPSA) is 53.4 Å². The van der Waals surface area contributed by atoms with E-state index < -0.39 is 0 Å². The van der Waals surface area contributed by atoms with Gasteiger partial charge < -0.3 is 10.2 Å². The molecule has 3 nitrogen and oxygen atoms in total. The minimum atomic E-state index is -0.0291. The van der Waals surface area contributed by atoms with Crippen LogP contribution >= 0.6 is 23.8 Å². The van der Waals surface area contributed by atoms with Gasteiger partial charge in [0.1, 0.15) is 17.2 Å². The van der Waals surface area contributed by atoms with Gasteiger partial charge in [0, 0.05) is 16.8 Å². The first-order valence-electron chi connectivity index (χ1n) is 5.18. The zero-order valence-corrected chi connectivity index (χ0v) is 11.1. The summed E-state index contributed by atoms with van der Waals surface area (Å²) < 4.78 is 0. The molecule has 2 rings (SSSR count). The molecule has 0 aliphatic rings. The van der Waals surface area contributed by atoms with E-state index in [1.807, 2.05) is 0 Å². The van der Waals surface area contributed by atoms with Crippen LogP contribution in [0.3, 0.4) is 0 Å². The molecule has 1 heterocycles. The number of aromatic nitrogens is 1. The van der Waals surface area contributed by atoms with Gasteiger partial charge in [-0.2, -0.15) is 0 Å². The molecule has 0 unspecified atom stereocenters. The molecule has 1 aromatic heterocycles. The Morgan fingerprint density at radius 2 is 2.00 bits per heavy atom. The van der Waals surface area contributed by atoms with Gasteiger partial charge >= 0.3 is 0 Å². The average molecular weight is 280 g/mol. The van der Waals surface area contributed by atoms with Crippen LogP contribution in [-0.2, 0) is 0 Å². The van der Waals surface area contributed by atoms with E-state index in [-0.39, 0.29) is 22.1 Å². The number of thiocarbonyl (C=S) groups is 1. The van der Waals surface area contributed by atoms with Gasteiger partial charge in [0.05, 0.1) is 4.86 Å². The Morgan fingerprint density at radius 3 is 2.67 bits per heavy atom. The molecule has 18 heavy (non-hydrogen) atoms. The van der Waals surface area contributed by atoms with Crippen molar-refractivity contribution >= 4 is 28.7 Å². The van der Waals surface area contributed by atoms with Crippen LogP contribution in [0.1, 0.15) is 16.8 Å². The number of rotatable bonds is 2. The lowest BCUT2D eigenvalue weighted by Crippen LogP contribution is -2.03. The van der Waals surface area contributed by atoms with Crippen molar-refractivity contribution in [2.45, 2.75) is 6.92 Å². The van der Waals surface area contributed by atoms with Crippen LogP contribution in [0.25, 0.3) is 0 Å². The summed E-state index contributed by atoms with van der Waals surface area (Å²) >= 11 is 11.2. The third-order valence-electron chi connectivity index (χ3n) is 2.52. The Labute approximate surface area is 115 Å². The SMILES string of the molecule is Cc1cc(O)c(C(=S)c2ncccc2O)cc1Cl. The summed E-state index contributed by atoms with van der Waals surface area (Å²) in [6.07, 6.45) is 1.52. The molecule has 0 fully saturated rings. The fourth-order valence-electron chi connectivity index (χ4n) is 1.55. The number of hydrogen-bond donors (Lipinski definition) is 2. The highest BCUT2D eigenvalue weighted by Crippen LogP contribution is 2.29. The van der Waals surface area contributed by atoms with Crippen LogP contribution in [-0.4, -0.2) is 20.1 Å². The number of aromatic hydroxyl groups is 2. The van der Waals surface area contributed by atoms with E-state index in [1.54, 1.807) is 19.1 Å². The quantitative estimate of drug-likeness (QED) is 0.655. The first-order chi connectivity index (χ1) is 8.50. The zero-order valence-electron chi connectivity index (χ0n) is 9.51. The summed E-state index contributed by atoms with van der Waals surface area (Å²) in [7, 11) is 0. The molecule has 0 atom stereocenters. The number of benzene rings is 1. The molecule has 92 valence electrons. The molecular formula is C13H10ClNO2S. The van der Waals surface area contributed by atoms with Gasteiger partial charge in [-0.25, -0.2) is 0 Å². The normalized spacial score (nSPS) is 10.3. The molecule has 0 saturated carbocycles. The van der Waals surface area contributed by atoms with E-state index in [0.29, 0.717) is 10.6 Å². The van der Waals surface area contributed by atoms with Crippen LogP contribution in [0.4, 0.5) is 0 Å². The lowest BCUT2D eigenvalue weighted by molar-refractivity contribution is 0.470. The van der Waals surface area contributed by atoms with Gasteiger partial charge in [0.25, 0.3) is 0 Å². The van der Waals surface area contributed by atoms with Gasteiger partial charge in [0.2, 0.25) is 0 Å². The Kier molecular flexibility index (Phi) is 3.50. The average Bonchev–Trinajstić information content (AvgIpc) is 2.33. The molecule has 5 heteroatoms. The molecule has 0 bridgehead atoms. The monoisotopic (exact) mass is 279 g/mol. The van der Waals surface area contributed by atoms with E-state index in [2.05, 4.69) is 4.98 Å². The third-order valence-corrected chi connectivity index (χ3v) is 3.34. The van der Waals surface area contributed by atoms with Crippen LogP contribution in [0.5, 0.6) is 11.5 Å². The van der Waals surface area contributed by atoms with E-state index in [1.165, 1.54) is 18.3 Å². The minimum absolute atomic E-state index is 0.0203. The number of phenols is 1. The maximum Gasteiger partial charge on any atom is 0.142 e. The Bertz CT molecular complexity index is 628. The minimum Gasteiger partial charge on any atom is -0.507 e. The molecule has 0 saturated heterocycles. The largest absolute Gasteiger partial charge is 0.507 e. The smallest absolute Gasteiger partial charge is 0.142 e. The Morgan fingerprint density at radius 1 is 1.28 bits per heavy atom. The van der Waals surface area contributed by atoms with Crippen molar-refractivity contribution in [1.82, 2.24) is 4.98 Å². The fourth-order valence-corrected chi connectivity index (χ4v) is 2.03. The summed E-state index contributed by atoms with van der Waals surface area (Å²) in [4.78, 5) is 4.26. The molecule has 0 radical (unpaired) electrons. The standard InChI is InChI=1S/C13H10ClNO2S/c1-7-5-11(17)8(6-9(7)14)13(18)12-10(16)3-2-4-15-12/h2-6,16-17H,1H3. The predicted molar refractivity (Wildman–Crippen MR) is 74.6 cm³/mol. The molecule has 0 aliphatic heterocycles. The highest BCUT2D eigenvalue weighted by molar-refractivity contribution is 7.81. The molecule has 2 aromatic rings. The highest BCUT2D eigenvalue weighted by Gasteiger charge is 2.15. The summed E-state index contributed by atoms with van der Waals surface area (Å²) in [6.45, 7) is 1.78. The first kappa shape index (κ1) is 12.8. The first-order valence-corrected chi connectivity index (χ1v) is 5.97. The Hall–Kier alpha value is -1.65. The predicted octanol–water partition coefficient (Wildman–Crippen LogP) is 3.22. The molecule has 0 aliphatic carbocycles. The number of nitrogens with zero attached hydrogens (tertiary/aromatic N) is 1. The number of pyridine rings is 1. The number of aryl methyl sites for hydroxylation is 1. The van der Waals surface area contributed by atoms with E-state index in [9.17, 15) is 10.2 Å². The fraction of sp³-hybridized carbons (Fsp3) is 0.0769. The highest BCUT2D eigenvalue weighted by atomic mass is 35.5. The van der Waals surface area contributed by atoms with Crippen LogP contribution in [0.15, 0.2) is 30.5 Å². The second-order valence-electron chi connectivity index (χ2n) is 3.82. The van der Waals surface area contributed by atoms with Gasteiger partial charge in [-0.05, 0) is 36.8 Å². The van der Waals surface area contributed by atoms with E-state index in [4.69, 9.17) is 23.8 Å². The van der Waals surface area contributed by atoms with Gasteiger partial charge in [-0.3, -0.25) is 4.98 Å². The second-order valence-corrected chi connectivity index (χ2v) is 4.63. The molecular weight excluding hydrogens is 270 g/mol. The second kappa shape index (κ2) is 4.92. The molecule has 1 aromatic carbocycles. The number of hydrogen-bond acceptors (Lipinski definition) is 4. The van der Waals surface area contributed by atoms with Crippen LogP contribution < -0.4 is 0 Å². The van der Waals surface area contributed by atoms with E-state index in [0.717, 1.165) is 5.56 Å². The van der Waals surface area contributed by atoms with Gasteiger partial charge in [0.15, 0.2) is 0 Å². The molecule has 0 amide bonds. The van der Waals surface area contributed by atoms with Crippen molar-refractivity contribution in [3.05, 3.63) is 52.3 Å². The summed E-state index contributed by atoms with van der Waals surface area (Å²) in [5.41, 5.74) is 1.39.